The van der Waals surface area contributed by atoms with Crippen molar-refractivity contribution < 1.29 is 13.6 Å². The number of benzene rings is 1. The summed E-state index contributed by atoms with van der Waals surface area (Å²) in [5.41, 5.74) is -0.105. The molecule has 6 nitrogen and oxygen atoms in total. The van der Waals surface area contributed by atoms with Crippen molar-refractivity contribution in [1.82, 2.24) is 20.1 Å². The second kappa shape index (κ2) is 6.18. The van der Waals surface area contributed by atoms with Crippen molar-refractivity contribution in [2.45, 2.75) is 25.7 Å². The number of hydrogen-bond donors (Lipinski definition) is 2. The number of amides is 1. The number of hydrogen-bond acceptors (Lipinski definition) is 3. The molecule has 0 saturated heterocycles. The molecule has 0 unspecified atom stereocenters. The van der Waals surface area contributed by atoms with Gasteiger partial charge in [0.05, 0.1) is 0 Å². The summed E-state index contributed by atoms with van der Waals surface area (Å²) >= 11 is 0. The Hall–Kier alpha value is -2.51. The molecule has 2 aromatic rings. The Balaban J connectivity index is 1.67. The zero-order valence-corrected chi connectivity index (χ0v) is 13.2. The summed E-state index contributed by atoms with van der Waals surface area (Å²) in [6.45, 7) is 0.364. The van der Waals surface area contributed by atoms with Crippen LogP contribution in [0.15, 0.2) is 23.0 Å². The molecule has 24 heavy (non-hydrogen) atoms. The number of H-pyrrole nitrogens is 1. The van der Waals surface area contributed by atoms with Crippen LogP contribution in [0.2, 0.25) is 0 Å². The van der Waals surface area contributed by atoms with Crippen LogP contribution < -0.4 is 11.0 Å². The monoisotopic (exact) mass is 336 g/mol. The highest BCUT2D eigenvalue weighted by Crippen LogP contribution is 2.43. The molecule has 1 heterocycles. The SMILES string of the molecule is Cn1nc(C(=O)NCC2(Cc3cc(F)cc(F)c3)CCC2)[nH]c1=O. The van der Waals surface area contributed by atoms with Crippen molar-refractivity contribution in [2.75, 3.05) is 6.54 Å². The quantitative estimate of drug-likeness (QED) is 0.869. The van der Waals surface area contributed by atoms with E-state index in [1.165, 1.54) is 19.2 Å². The van der Waals surface area contributed by atoms with Gasteiger partial charge in [0.1, 0.15) is 11.6 Å². The van der Waals surface area contributed by atoms with Gasteiger partial charge >= 0.3 is 5.69 Å². The lowest BCUT2D eigenvalue weighted by molar-refractivity contribution is 0.0849. The average molecular weight is 336 g/mol. The summed E-state index contributed by atoms with van der Waals surface area (Å²) in [5, 5.41) is 6.56. The fraction of sp³-hybridized carbons (Fsp3) is 0.438. The van der Waals surface area contributed by atoms with Crippen LogP contribution in [0.25, 0.3) is 0 Å². The maximum Gasteiger partial charge on any atom is 0.343 e. The van der Waals surface area contributed by atoms with Crippen molar-refractivity contribution in [2.24, 2.45) is 12.5 Å². The predicted octanol–water partition coefficient (Wildman–Crippen LogP) is 1.53. The number of halogens is 2. The van der Waals surface area contributed by atoms with Crippen LogP contribution in [-0.2, 0) is 13.5 Å². The van der Waals surface area contributed by atoms with E-state index >= 15 is 0 Å². The highest BCUT2D eigenvalue weighted by Gasteiger charge is 2.37. The number of nitrogens with one attached hydrogen (secondary N) is 2. The largest absolute Gasteiger partial charge is 0.349 e. The first kappa shape index (κ1) is 16.4. The number of aromatic nitrogens is 3. The first-order valence-corrected chi connectivity index (χ1v) is 7.73. The molecule has 128 valence electrons. The molecule has 1 amide bonds. The Morgan fingerprint density at radius 2 is 2.00 bits per heavy atom. The molecule has 3 rings (SSSR count). The smallest absolute Gasteiger partial charge is 0.343 e. The lowest BCUT2D eigenvalue weighted by atomic mass is 9.65. The van der Waals surface area contributed by atoms with E-state index in [0.29, 0.717) is 18.5 Å². The van der Waals surface area contributed by atoms with Crippen LogP contribution >= 0.6 is 0 Å². The van der Waals surface area contributed by atoms with E-state index in [1.54, 1.807) is 0 Å². The Kier molecular flexibility index (Phi) is 4.21. The molecule has 1 aromatic heterocycles. The van der Waals surface area contributed by atoms with E-state index in [-0.39, 0.29) is 11.2 Å². The Morgan fingerprint density at radius 3 is 2.50 bits per heavy atom. The van der Waals surface area contributed by atoms with Gasteiger partial charge in [-0.15, -0.1) is 5.10 Å². The van der Waals surface area contributed by atoms with Crippen LogP contribution in [0.5, 0.6) is 0 Å². The van der Waals surface area contributed by atoms with Gasteiger partial charge in [-0.05, 0) is 42.4 Å². The minimum atomic E-state index is -0.602. The lowest BCUT2D eigenvalue weighted by Crippen LogP contribution is -2.44. The summed E-state index contributed by atoms with van der Waals surface area (Å²) in [6.07, 6.45) is 3.23. The lowest BCUT2D eigenvalue weighted by Gasteiger charge is -2.42. The zero-order chi connectivity index (χ0) is 17.3. The van der Waals surface area contributed by atoms with Gasteiger partial charge in [0.25, 0.3) is 5.91 Å². The average Bonchev–Trinajstić information content (AvgIpc) is 2.80. The van der Waals surface area contributed by atoms with E-state index < -0.39 is 23.2 Å². The Labute approximate surface area is 136 Å². The first-order valence-electron chi connectivity index (χ1n) is 7.73. The van der Waals surface area contributed by atoms with Crippen LogP contribution in [0.4, 0.5) is 8.78 Å². The molecule has 1 aliphatic carbocycles. The van der Waals surface area contributed by atoms with Gasteiger partial charge in [-0.2, -0.15) is 0 Å². The fourth-order valence-corrected chi connectivity index (χ4v) is 3.10. The fourth-order valence-electron chi connectivity index (χ4n) is 3.10. The Bertz CT molecular complexity index is 803. The molecule has 0 aliphatic heterocycles. The normalized spacial score (nSPS) is 15.8. The summed E-state index contributed by atoms with van der Waals surface area (Å²) < 4.78 is 27.7. The third-order valence-electron chi connectivity index (χ3n) is 4.52. The van der Waals surface area contributed by atoms with Gasteiger partial charge in [0.15, 0.2) is 0 Å². The first-order chi connectivity index (χ1) is 11.4. The van der Waals surface area contributed by atoms with Crippen LogP contribution in [0.3, 0.4) is 0 Å². The van der Waals surface area contributed by atoms with E-state index in [1.807, 2.05) is 0 Å². The topological polar surface area (TPSA) is 79.8 Å². The van der Waals surface area contributed by atoms with Gasteiger partial charge < -0.3 is 5.32 Å². The van der Waals surface area contributed by atoms with E-state index in [9.17, 15) is 18.4 Å². The van der Waals surface area contributed by atoms with Gasteiger partial charge in [0.2, 0.25) is 5.82 Å². The van der Waals surface area contributed by atoms with Crippen molar-refractivity contribution >= 4 is 5.91 Å². The van der Waals surface area contributed by atoms with Crippen molar-refractivity contribution in [1.29, 1.82) is 0 Å². The zero-order valence-electron chi connectivity index (χ0n) is 13.2. The third-order valence-corrected chi connectivity index (χ3v) is 4.52. The van der Waals surface area contributed by atoms with Crippen molar-refractivity contribution in [3.8, 4) is 0 Å². The minimum Gasteiger partial charge on any atom is -0.349 e. The van der Waals surface area contributed by atoms with Crippen molar-refractivity contribution in [3.63, 3.8) is 0 Å². The molecule has 0 spiro atoms. The molecule has 0 bridgehead atoms. The maximum atomic E-state index is 13.3. The van der Waals surface area contributed by atoms with Gasteiger partial charge in [-0.25, -0.2) is 18.3 Å². The summed E-state index contributed by atoms with van der Waals surface area (Å²) in [6, 6.07) is 3.48. The number of carbonyl (C=O) groups is 1. The summed E-state index contributed by atoms with van der Waals surface area (Å²) in [5.74, 6) is -1.72. The van der Waals surface area contributed by atoms with Crippen LogP contribution in [0.1, 0.15) is 35.4 Å². The molecule has 1 aromatic carbocycles. The molecule has 8 heteroatoms. The second-order valence-corrected chi connectivity index (χ2v) is 6.39. The predicted molar refractivity (Wildman–Crippen MR) is 82.5 cm³/mol. The Morgan fingerprint density at radius 1 is 1.33 bits per heavy atom. The maximum absolute atomic E-state index is 13.3. The highest BCUT2D eigenvalue weighted by molar-refractivity contribution is 5.90. The number of aromatic amines is 1. The number of rotatable bonds is 5. The summed E-state index contributed by atoms with van der Waals surface area (Å²) in [7, 11) is 1.45. The molecule has 0 atom stereocenters. The van der Waals surface area contributed by atoms with Gasteiger partial charge in [0, 0.05) is 19.7 Å². The van der Waals surface area contributed by atoms with Gasteiger partial charge in [-0.1, -0.05) is 6.42 Å². The molecular formula is C16H18F2N4O2. The number of aryl methyl sites for hydroxylation is 1. The second-order valence-electron chi connectivity index (χ2n) is 6.39. The van der Waals surface area contributed by atoms with E-state index in [4.69, 9.17) is 0 Å². The molecule has 1 fully saturated rings. The number of carbonyl (C=O) groups excluding carboxylic acids is 1. The van der Waals surface area contributed by atoms with Crippen molar-refractivity contribution in [3.05, 3.63) is 51.7 Å². The van der Waals surface area contributed by atoms with Crippen LogP contribution in [-0.4, -0.2) is 27.2 Å². The minimum absolute atomic E-state index is 0.0474. The molecule has 0 radical (unpaired) electrons. The standard InChI is InChI=1S/C16H18F2N4O2/c1-22-15(24)20-13(21-22)14(23)19-9-16(3-2-4-16)8-10-5-11(17)7-12(18)6-10/h5-7H,2-4,8-9H2,1H3,(H,19,23)(H,20,21,24). The summed E-state index contributed by atoms with van der Waals surface area (Å²) in [4.78, 5) is 25.8. The molecule has 1 saturated carbocycles. The van der Waals surface area contributed by atoms with Crippen LogP contribution in [0, 0.1) is 17.0 Å². The molecule has 2 N–H and O–H groups in total. The van der Waals surface area contributed by atoms with E-state index in [0.717, 1.165) is 30.0 Å². The molecular weight excluding hydrogens is 318 g/mol. The third kappa shape index (κ3) is 3.37. The highest BCUT2D eigenvalue weighted by atomic mass is 19.1. The number of nitrogens with zero attached hydrogens (tertiary/aromatic N) is 2. The van der Waals surface area contributed by atoms with Gasteiger partial charge in [-0.3, -0.25) is 9.78 Å². The molecule has 1 aliphatic rings. The van der Waals surface area contributed by atoms with E-state index in [2.05, 4.69) is 15.4 Å².